The number of nitrogens with zero attached hydrogens (tertiary/aromatic N) is 1. The van der Waals surface area contributed by atoms with Crippen LogP contribution in [0, 0.1) is 13.8 Å². The van der Waals surface area contributed by atoms with Crippen molar-refractivity contribution in [3.05, 3.63) is 29.3 Å². The van der Waals surface area contributed by atoms with E-state index in [1.54, 1.807) is 0 Å². The molecule has 0 aromatic heterocycles. The average Bonchev–Trinajstić information content (AvgIpc) is 2.44. The second-order valence-electron chi connectivity index (χ2n) is 5.54. The van der Waals surface area contributed by atoms with E-state index in [-0.39, 0.29) is 0 Å². The van der Waals surface area contributed by atoms with Crippen LogP contribution in [0.5, 0.6) is 5.75 Å². The summed E-state index contributed by atoms with van der Waals surface area (Å²) < 4.78 is 5.93. The molecule has 106 valence electrons. The van der Waals surface area contributed by atoms with Crippen molar-refractivity contribution >= 4 is 0 Å². The SMILES string of the molecule is Cc1ccc(OCC(CN)N2CCCCC2)cc1C. The number of rotatable bonds is 5. The van der Waals surface area contributed by atoms with Crippen LogP contribution in [0.4, 0.5) is 0 Å². The highest BCUT2D eigenvalue weighted by Crippen LogP contribution is 2.18. The van der Waals surface area contributed by atoms with Gasteiger partial charge in [-0.3, -0.25) is 4.90 Å². The van der Waals surface area contributed by atoms with Crippen molar-refractivity contribution in [3.63, 3.8) is 0 Å². The third-order valence-corrected chi connectivity index (χ3v) is 4.10. The van der Waals surface area contributed by atoms with Gasteiger partial charge in [-0.25, -0.2) is 0 Å². The van der Waals surface area contributed by atoms with E-state index in [0.29, 0.717) is 19.2 Å². The van der Waals surface area contributed by atoms with Crippen LogP contribution in [0.15, 0.2) is 18.2 Å². The van der Waals surface area contributed by atoms with Crippen LogP contribution in [0.1, 0.15) is 30.4 Å². The molecule has 1 fully saturated rings. The van der Waals surface area contributed by atoms with E-state index in [0.717, 1.165) is 18.8 Å². The minimum atomic E-state index is 0.349. The number of aryl methyl sites for hydroxylation is 2. The van der Waals surface area contributed by atoms with Crippen LogP contribution in [0.25, 0.3) is 0 Å². The Morgan fingerprint density at radius 3 is 2.53 bits per heavy atom. The van der Waals surface area contributed by atoms with Gasteiger partial charge in [0, 0.05) is 6.54 Å². The Kier molecular flexibility index (Phi) is 5.23. The van der Waals surface area contributed by atoms with Crippen molar-refractivity contribution in [3.8, 4) is 5.75 Å². The molecule has 0 amide bonds. The number of hydrogen-bond acceptors (Lipinski definition) is 3. The molecule has 1 aliphatic heterocycles. The summed E-state index contributed by atoms with van der Waals surface area (Å²) in [7, 11) is 0. The number of likely N-dealkylation sites (tertiary alicyclic amines) is 1. The van der Waals surface area contributed by atoms with E-state index in [2.05, 4.69) is 30.9 Å². The second kappa shape index (κ2) is 6.92. The van der Waals surface area contributed by atoms with Crippen molar-refractivity contribution in [2.75, 3.05) is 26.2 Å². The summed E-state index contributed by atoms with van der Waals surface area (Å²) in [4.78, 5) is 2.48. The Balaban J connectivity index is 1.89. The first-order valence-corrected chi connectivity index (χ1v) is 7.35. The molecule has 0 saturated carbocycles. The highest BCUT2D eigenvalue weighted by molar-refractivity contribution is 5.33. The van der Waals surface area contributed by atoms with Gasteiger partial charge >= 0.3 is 0 Å². The molecule has 1 unspecified atom stereocenters. The van der Waals surface area contributed by atoms with Crippen LogP contribution in [0.2, 0.25) is 0 Å². The fourth-order valence-corrected chi connectivity index (χ4v) is 2.60. The van der Waals surface area contributed by atoms with Gasteiger partial charge in [0.25, 0.3) is 0 Å². The summed E-state index contributed by atoms with van der Waals surface area (Å²) >= 11 is 0. The van der Waals surface area contributed by atoms with Crippen molar-refractivity contribution in [2.45, 2.75) is 39.2 Å². The molecule has 0 bridgehead atoms. The van der Waals surface area contributed by atoms with Gasteiger partial charge in [0.05, 0.1) is 6.04 Å². The first-order chi connectivity index (χ1) is 9.20. The zero-order valence-electron chi connectivity index (χ0n) is 12.2. The highest BCUT2D eigenvalue weighted by atomic mass is 16.5. The van der Waals surface area contributed by atoms with Crippen LogP contribution in [-0.2, 0) is 0 Å². The molecule has 1 atom stereocenters. The van der Waals surface area contributed by atoms with Gasteiger partial charge in [-0.2, -0.15) is 0 Å². The molecule has 0 spiro atoms. The molecular formula is C16H26N2O. The standard InChI is InChI=1S/C16H26N2O/c1-13-6-7-16(10-14(13)2)19-12-15(11-17)18-8-4-3-5-9-18/h6-7,10,15H,3-5,8-9,11-12,17H2,1-2H3. The third-order valence-electron chi connectivity index (χ3n) is 4.10. The maximum absolute atomic E-state index is 5.93. The van der Waals surface area contributed by atoms with Gasteiger partial charge in [0.1, 0.15) is 12.4 Å². The van der Waals surface area contributed by atoms with Crippen molar-refractivity contribution in [1.82, 2.24) is 4.90 Å². The number of benzene rings is 1. The zero-order chi connectivity index (χ0) is 13.7. The smallest absolute Gasteiger partial charge is 0.119 e. The number of hydrogen-bond donors (Lipinski definition) is 1. The fraction of sp³-hybridized carbons (Fsp3) is 0.625. The Morgan fingerprint density at radius 1 is 1.16 bits per heavy atom. The van der Waals surface area contributed by atoms with Gasteiger partial charge in [0.2, 0.25) is 0 Å². The number of piperidine rings is 1. The van der Waals surface area contributed by atoms with E-state index in [1.807, 2.05) is 6.07 Å². The summed E-state index contributed by atoms with van der Waals surface area (Å²) in [5, 5.41) is 0. The van der Waals surface area contributed by atoms with E-state index < -0.39 is 0 Å². The lowest BCUT2D eigenvalue weighted by atomic mass is 10.1. The Hall–Kier alpha value is -1.06. The predicted octanol–water partition coefficient (Wildman–Crippen LogP) is 2.50. The monoisotopic (exact) mass is 262 g/mol. The first-order valence-electron chi connectivity index (χ1n) is 7.35. The van der Waals surface area contributed by atoms with Crippen LogP contribution in [-0.4, -0.2) is 37.2 Å². The van der Waals surface area contributed by atoms with Crippen LogP contribution in [0.3, 0.4) is 0 Å². The molecule has 1 aromatic rings. The minimum Gasteiger partial charge on any atom is -0.492 e. The first kappa shape index (κ1) is 14.4. The quantitative estimate of drug-likeness (QED) is 0.886. The summed E-state index contributed by atoms with van der Waals surface area (Å²) in [5.41, 5.74) is 8.48. The maximum Gasteiger partial charge on any atom is 0.119 e. The summed E-state index contributed by atoms with van der Waals surface area (Å²) in [6.45, 7) is 7.93. The van der Waals surface area contributed by atoms with E-state index in [4.69, 9.17) is 10.5 Å². The average molecular weight is 262 g/mol. The Labute approximate surface area is 116 Å². The molecule has 1 saturated heterocycles. The fourth-order valence-electron chi connectivity index (χ4n) is 2.60. The molecule has 1 aliphatic rings. The summed E-state index contributed by atoms with van der Waals surface area (Å²) in [6.07, 6.45) is 3.94. The van der Waals surface area contributed by atoms with Gasteiger partial charge in [-0.1, -0.05) is 12.5 Å². The highest BCUT2D eigenvalue weighted by Gasteiger charge is 2.19. The van der Waals surface area contributed by atoms with Crippen molar-refractivity contribution in [2.24, 2.45) is 5.73 Å². The summed E-state index contributed by atoms with van der Waals surface area (Å²) in [5.74, 6) is 0.957. The zero-order valence-corrected chi connectivity index (χ0v) is 12.2. The topological polar surface area (TPSA) is 38.5 Å². The third kappa shape index (κ3) is 3.95. The normalized spacial score (nSPS) is 18.3. The number of ether oxygens (including phenoxy) is 1. The van der Waals surface area contributed by atoms with Gasteiger partial charge in [-0.05, 0) is 63.0 Å². The predicted molar refractivity (Wildman–Crippen MR) is 79.7 cm³/mol. The lowest BCUT2D eigenvalue weighted by molar-refractivity contribution is 0.118. The molecule has 2 rings (SSSR count). The molecule has 3 heteroatoms. The molecule has 1 aromatic carbocycles. The summed E-state index contributed by atoms with van der Waals surface area (Å²) in [6, 6.07) is 6.62. The van der Waals surface area contributed by atoms with Crippen LogP contribution >= 0.6 is 0 Å². The molecule has 0 radical (unpaired) electrons. The minimum absolute atomic E-state index is 0.349. The van der Waals surface area contributed by atoms with Crippen LogP contribution < -0.4 is 10.5 Å². The van der Waals surface area contributed by atoms with Crippen molar-refractivity contribution in [1.29, 1.82) is 0 Å². The van der Waals surface area contributed by atoms with Gasteiger partial charge in [-0.15, -0.1) is 0 Å². The lowest BCUT2D eigenvalue weighted by Gasteiger charge is -2.33. The molecule has 19 heavy (non-hydrogen) atoms. The molecule has 3 nitrogen and oxygen atoms in total. The van der Waals surface area contributed by atoms with Gasteiger partial charge < -0.3 is 10.5 Å². The van der Waals surface area contributed by atoms with E-state index in [1.165, 1.54) is 30.4 Å². The molecule has 2 N–H and O–H groups in total. The Bertz CT molecular complexity index is 400. The van der Waals surface area contributed by atoms with E-state index in [9.17, 15) is 0 Å². The van der Waals surface area contributed by atoms with Gasteiger partial charge in [0.15, 0.2) is 0 Å². The van der Waals surface area contributed by atoms with E-state index >= 15 is 0 Å². The largest absolute Gasteiger partial charge is 0.492 e. The Morgan fingerprint density at radius 2 is 1.89 bits per heavy atom. The van der Waals surface area contributed by atoms with Crippen molar-refractivity contribution < 1.29 is 4.74 Å². The lowest BCUT2D eigenvalue weighted by Crippen LogP contribution is -2.46. The molecular weight excluding hydrogens is 236 g/mol. The molecule has 1 heterocycles. The molecule has 0 aliphatic carbocycles. The second-order valence-corrected chi connectivity index (χ2v) is 5.54. The maximum atomic E-state index is 5.93. The number of nitrogens with two attached hydrogens (primary N) is 1.